The number of halogens is 2. The van der Waals surface area contributed by atoms with Crippen LogP contribution in [0.4, 0.5) is 11.4 Å². The topological polar surface area (TPSA) is 66.6 Å². The van der Waals surface area contributed by atoms with Crippen molar-refractivity contribution in [3.05, 3.63) is 22.2 Å². The van der Waals surface area contributed by atoms with E-state index in [1.54, 1.807) is 12.1 Å². The average molecular weight is 261 g/mol. The highest BCUT2D eigenvalue weighted by atomic mass is 35.5. The van der Waals surface area contributed by atoms with E-state index in [1.165, 1.54) is 4.90 Å². The zero-order valence-corrected chi connectivity index (χ0v) is 9.79. The smallest absolute Gasteiger partial charge is 0.229 e. The number of benzene rings is 1. The van der Waals surface area contributed by atoms with E-state index in [1.807, 2.05) is 0 Å². The lowest BCUT2D eigenvalue weighted by atomic mass is 10.2. The highest BCUT2D eigenvalue weighted by Crippen LogP contribution is 2.34. The van der Waals surface area contributed by atoms with Crippen LogP contribution < -0.4 is 10.6 Å². The van der Waals surface area contributed by atoms with Crippen molar-refractivity contribution in [2.24, 2.45) is 0 Å². The van der Waals surface area contributed by atoms with Crippen LogP contribution in [0, 0.1) is 0 Å². The van der Waals surface area contributed by atoms with E-state index >= 15 is 0 Å². The maximum atomic E-state index is 11.5. The first-order chi connectivity index (χ1) is 7.49. The number of aliphatic hydroxyl groups excluding tert-OH is 1. The molecule has 1 aliphatic rings. The van der Waals surface area contributed by atoms with Crippen LogP contribution in [-0.2, 0) is 4.79 Å². The fraction of sp³-hybridized carbons (Fsp3) is 0.300. The molecule has 1 saturated heterocycles. The number of nitrogens with two attached hydrogens (primary N) is 1. The molecular formula is C10H10Cl2N2O2. The number of amides is 1. The first-order valence-corrected chi connectivity index (χ1v) is 5.47. The Kier molecular flexibility index (Phi) is 2.97. The number of nitrogen functional groups attached to an aromatic ring is 1. The minimum atomic E-state index is -0.636. The molecule has 0 saturated carbocycles. The molecule has 0 spiro atoms. The molecule has 0 aliphatic carbocycles. The molecule has 1 aromatic rings. The molecule has 1 atom stereocenters. The van der Waals surface area contributed by atoms with E-state index in [2.05, 4.69) is 0 Å². The molecule has 0 aromatic heterocycles. The van der Waals surface area contributed by atoms with Gasteiger partial charge in [-0.1, -0.05) is 23.2 Å². The molecule has 1 heterocycles. The zero-order valence-electron chi connectivity index (χ0n) is 8.28. The predicted octanol–water partition coefficient (Wildman–Crippen LogP) is 1.67. The highest BCUT2D eigenvalue weighted by molar-refractivity contribution is 6.39. The lowest BCUT2D eigenvalue weighted by Crippen LogP contribution is -2.25. The molecule has 3 N–H and O–H groups in total. The lowest BCUT2D eigenvalue weighted by molar-refractivity contribution is -0.117. The first kappa shape index (κ1) is 11.5. The number of carbonyl (C=O) groups excluding carboxylic acids is 1. The van der Waals surface area contributed by atoms with Crippen molar-refractivity contribution in [3.8, 4) is 0 Å². The summed E-state index contributed by atoms with van der Waals surface area (Å²) in [6, 6.07) is 3.14. The monoisotopic (exact) mass is 260 g/mol. The number of β-amino-alcohol motifs (C(OH)–C–C–N with tert-alkyl or cyclic N) is 1. The van der Waals surface area contributed by atoms with Crippen molar-refractivity contribution in [1.82, 2.24) is 0 Å². The van der Waals surface area contributed by atoms with Crippen LogP contribution in [-0.4, -0.2) is 23.7 Å². The molecule has 0 radical (unpaired) electrons. The second-order valence-corrected chi connectivity index (χ2v) is 4.50. The number of hydrogen-bond donors (Lipinski definition) is 2. The number of nitrogens with zero attached hydrogens (tertiary/aromatic N) is 1. The van der Waals surface area contributed by atoms with Gasteiger partial charge in [-0.05, 0) is 12.1 Å². The minimum Gasteiger partial charge on any atom is -0.396 e. The van der Waals surface area contributed by atoms with Gasteiger partial charge >= 0.3 is 0 Å². The molecule has 1 amide bonds. The van der Waals surface area contributed by atoms with E-state index in [-0.39, 0.29) is 18.9 Å². The Bertz CT molecular complexity index is 427. The lowest BCUT2D eigenvalue weighted by Gasteiger charge is -2.17. The normalized spacial score (nSPS) is 20.6. The van der Waals surface area contributed by atoms with Gasteiger partial charge in [0.15, 0.2) is 0 Å². The minimum absolute atomic E-state index is 0.125. The summed E-state index contributed by atoms with van der Waals surface area (Å²) in [5.74, 6) is -0.149. The Labute approximate surface area is 103 Å². The highest BCUT2D eigenvalue weighted by Gasteiger charge is 2.29. The van der Waals surface area contributed by atoms with Gasteiger partial charge in [0.1, 0.15) is 0 Å². The maximum absolute atomic E-state index is 11.5. The van der Waals surface area contributed by atoms with Crippen LogP contribution in [0.25, 0.3) is 0 Å². The fourth-order valence-corrected chi connectivity index (χ4v) is 2.14. The van der Waals surface area contributed by atoms with Crippen LogP contribution in [0.15, 0.2) is 12.1 Å². The molecule has 16 heavy (non-hydrogen) atoms. The molecule has 1 unspecified atom stereocenters. The van der Waals surface area contributed by atoms with E-state index in [0.717, 1.165) is 0 Å². The SMILES string of the molecule is Nc1c(Cl)cc(N2CC(O)CC2=O)cc1Cl. The fourth-order valence-electron chi connectivity index (χ4n) is 1.67. The summed E-state index contributed by atoms with van der Waals surface area (Å²) in [4.78, 5) is 13.0. The summed E-state index contributed by atoms with van der Waals surface area (Å²) in [7, 11) is 0. The van der Waals surface area contributed by atoms with E-state index in [0.29, 0.717) is 21.4 Å². The number of rotatable bonds is 1. The van der Waals surface area contributed by atoms with Crippen LogP contribution in [0.3, 0.4) is 0 Å². The zero-order chi connectivity index (χ0) is 11.9. The van der Waals surface area contributed by atoms with Crippen molar-refractivity contribution in [1.29, 1.82) is 0 Å². The molecule has 4 nitrogen and oxygen atoms in total. The third kappa shape index (κ3) is 1.96. The van der Waals surface area contributed by atoms with Crippen LogP contribution in [0.5, 0.6) is 0 Å². The van der Waals surface area contributed by atoms with Crippen molar-refractivity contribution in [2.75, 3.05) is 17.2 Å². The van der Waals surface area contributed by atoms with Gasteiger partial charge in [0, 0.05) is 5.69 Å². The van der Waals surface area contributed by atoms with Crippen LogP contribution in [0.1, 0.15) is 6.42 Å². The molecule has 2 rings (SSSR count). The van der Waals surface area contributed by atoms with Crippen molar-refractivity contribution < 1.29 is 9.90 Å². The predicted molar refractivity (Wildman–Crippen MR) is 63.9 cm³/mol. The number of aliphatic hydroxyl groups is 1. The van der Waals surface area contributed by atoms with E-state index in [4.69, 9.17) is 28.9 Å². The maximum Gasteiger partial charge on any atom is 0.229 e. The summed E-state index contributed by atoms with van der Waals surface area (Å²) >= 11 is 11.7. The second-order valence-electron chi connectivity index (χ2n) is 3.69. The quantitative estimate of drug-likeness (QED) is 0.756. The van der Waals surface area contributed by atoms with Crippen LogP contribution in [0.2, 0.25) is 10.0 Å². The second kappa shape index (κ2) is 4.13. The number of carbonyl (C=O) groups is 1. The van der Waals surface area contributed by atoms with Gasteiger partial charge < -0.3 is 15.7 Å². The Balaban J connectivity index is 2.38. The van der Waals surface area contributed by atoms with Crippen molar-refractivity contribution in [3.63, 3.8) is 0 Å². The summed E-state index contributed by atoms with van der Waals surface area (Å²) in [5.41, 5.74) is 6.45. The van der Waals surface area contributed by atoms with Gasteiger partial charge in [-0.15, -0.1) is 0 Å². The van der Waals surface area contributed by atoms with E-state index < -0.39 is 6.10 Å². The Morgan fingerprint density at radius 2 is 1.94 bits per heavy atom. The molecule has 1 fully saturated rings. The van der Waals surface area contributed by atoms with Gasteiger partial charge in [-0.25, -0.2) is 0 Å². The average Bonchev–Trinajstić information content (AvgIpc) is 2.53. The third-order valence-corrected chi connectivity index (χ3v) is 3.11. The van der Waals surface area contributed by atoms with Crippen molar-refractivity contribution in [2.45, 2.75) is 12.5 Å². The summed E-state index contributed by atoms with van der Waals surface area (Å²) in [5, 5.41) is 9.98. The molecule has 6 heteroatoms. The molecule has 1 aromatic carbocycles. The Hall–Kier alpha value is -0.970. The molecule has 86 valence electrons. The summed E-state index contributed by atoms with van der Waals surface area (Å²) in [6.07, 6.45) is -0.512. The molecule has 1 aliphatic heterocycles. The molecular weight excluding hydrogens is 251 g/mol. The standard InChI is InChI=1S/C10H10Cl2N2O2/c11-7-1-5(2-8(12)10(7)13)14-4-6(15)3-9(14)16/h1-2,6,15H,3-4,13H2. The Morgan fingerprint density at radius 1 is 1.38 bits per heavy atom. The number of anilines is 2. The first-order valence-electron chi connectivity index (χ1n) is 4.72. The summed E-state index contributed by atoms with van der Waals surface area (Å²) in [6.45, 7) is 0.259. The third-order valence-electron chi connectivity index (χ3n) is 2.48. The van der Waals surface area contributed by atoms with Gasteiger partial charge in [0.05, 0.1) is 34.8 Å². The van der Waals surface area contributed by atoms with E-state index in [9.17, 15) is 9.90 Å². The number of hydrogen-bond acceptors (Lipinski definition) is 3. The van der Waals surface area contributed by atoms with Gasteiger partial charge in [0.25, 0.3) is 0 Å². The Morgan fingerprint density at radius 3 is 2.38 bits per heavy atom. The van der Waals surface area contributed by atoms with Crippen LogP contribution >= 0.6 is 23.2 Å². The van der Waals surface area contributed by atoms with Gasteiger partial charge in [-0.2, -0.15) is 0 Å². The summed E-state index contributed by atoms with van der Waals surface area (Å²) < 4.78 is 0. The van der Waals surface area contributed by atoms with Gasteiger partial charge in [0.2, 0.25) is 5.91 Å². The molecule has 0 bridgehead atoms. The van der Waals surface area contributed by atoms with Gasteiger partial charge in [-0.3, -0.25) is 4.79 Å². The van der Waals surface area contributed by atoms with Crippen molar-refractivity contribution >= 4 is 40.5 Å². The largest absolute Gasteiger partial charge is 0.396 e.